The van der Waals surface area contributed by atoms with Gasteiger partial charge in [-0.1, -0.05) is 71.9 Å². The van der Waals surface area contributed by atoms with E-state index < -0.39 is 5.25 Å². The van der Waals surface area contributed by atoms with Crippen LogP contribution in [0.4, 0.5) is 5.69 Å². The first-order valence-corrected chi connectivity index (χ1v) is 11.5. The van der Waals surface area contributed by atoms with E-state index in [-0.39, 0.29) is 18.0 Å². The van der Waals surface area contributed by atoms with Gasteiger partial charge in [0.05, 0.1) is 22.7 Å². The SMILES string of the molecule is Cc1ccccc1NC(=O)C(C)Sc1nc2ccccc2c(=O)n1Cc1ccccc1Cl. The van der Waals surface area contributed by atoms with Crippen molar-refractivity contribution in [1.82, 2.24) is 9.55 Å². The molecule has 1 heterocycles. The van der Waals surface area contributed by atoms with Gasteiger partial charge in [0.2, 0.25) is 5.91 Å². The smallest absolute Gasteiger partial charge is 0.262 e. The topological polar surface area (TPSA) is 64.0 Å². The summed E-state index contributed by atoms with van der Waals surface area (Å²) in [5, 5.41) is 4.07. The molecule has 162 valence electrons. The van der Waals surface area contributed by atoms with Gasteiger partial charge in [0.25, 0.3) is 5.56 Å². The third-order valence-electron chi connectivity index (χ3n) is 5.17. The number of aromatic nitrogens is 2. The summed E-state index contributed by atoms with van der Waals surface area (Å²) < 4.78 is 1.59. The second kappa shape index (κ2) is 9.59. The fourth-order valence-electron chi connectivity index (χ4n) is 3.33. The molecule has 0 saturated carbocycles. The Morgan fingerprint density at radius 1 is 1.06 bits per heavy atom. The zero-order valence-corrected chi connectivity index (χ0v) is 19.3. The fraction of sp³-hybridized carbons (Fsp3) is 0.160. The second-order valence-corrected chi connectivity index (χ2v) is 9.17. The molecule has 5 nitrogen and oxygen atoms in total. The lowest BCUT2D eigenvalue weighted by atomic mass is 10.2. The number of thioether (sulfide) groups is 1. The third-order valence-corrected chi connectivity index (χ3v) is 6.63. The molecule has 4 aromatic rings. The van der Waals surface area contributed by atoms with Gasteiger partial charge in [-0.05, 0) is 49.2 Å². The van der Waals surface area contributed by atoms with E-state index in [0.717, 1.165) is 16.8 Å². The Bertz CT molecular complexity index is 1350. The molecule has 1 unspecified atom stereocenters. The Kier molecular flexibility index (Phi) is 6.63. The summed E-state index contributed by atoms with van der Waals surface area (Å²) >= 11 is 7.61. The van der Waals surface area contributed by atoms with Crippen molar-refractivity contribution >= 4 is 45.9 Å². The first kappa shape index (κ1) is 22.1. The highest BCUT2D eigenvalue weighted by molar-refractivity contribution is 8.00. The zero-order chi connectivity index (χ0) is 22.7. The van der Waals surface area contributed by atoms with E-state index in [9.17, 15) is 9.59 Å². The van der Waals surface area contributed by atoms with Gasteiger partial charge in [0.1, 0.15) is 0 Å². The first-order chi connectivity index (χ1) is 15.4. The van der Waals surface area contributed by atoms with Crippen molar-refractivity contribution in [3.05, 3.63) is 99.3 Å². The number of anilines is 1. The van der Waals surface area contributed by atoms with Crippen molar-refractivity contribution in [2.24, 2.45) is 0 Å². The molecule has 3 aromatic carbocycles. The molecule has 0 radical (unpaired) electrons. The number of rotatable bonds is 6. The number of hydrogen-bond donors (Lipinski definition) is 1. The summed E-state index contributed by atoms with van der Waals surface area (Å²) in [6.07, 6.45) is 0. The van der Waals surface area contributed by atoms with E-state index in [1.54, 1.807) is 29.7 Å². The number of amides is 1. The van der Waals surface area contributed by atoms with E-state index in [1.165, 1.54) is 11.8 Å². The van der Waals surface area contributed by atoms with Crippen LogP contribution < -0.4 is 10.9 Å². The van der Waals surface area contributed by atoms with Crippen molar-refractivity contribution in [3.8, 4) is 0 Å². The second-order valence-electron chi connectivity index (χ2n) is 7.46. The standard InChI is InChI=1S/C25H22ClN3O2S/c1-16-9-3-7-13-21(16)27-23(30)17(2)32-25-28-22-14-8-5-11-19(22)24(31)29(25)15-18-10-4-6-12-20(18)26/h3-14,17H,15H2,1-2H3,(H,27,30). The Balaban J connectivity index is 1.69. The first-order valence-electron chi connectivity index (χ1n) is 10.2. The van der Waals surface area contributed by atoms with Gasteiger partial charge >= 0.3 is 0 Å². The molecule has 32 heavy (non-hydrogen) atoms. The van der Waals surface area contributed by atoms with Crippen molar-refractivity contribution in [2.45, 2.75) is 30.8 Å². The maximum absolute atomic E-state index is 13.3. The molecule has 4 rings (SSSR count). The summed E-state index contributed by atoms with van der Waals surface area (Å²) in [4.78, 5) is 30.9. The number of aryl methyl sites for hydroxylation is 1. The highest BCUT2D eigenvalue weighted by Gasteiger charge is 2.20. The molecule has 1 N–H and O–H groups in total. The molecule has 1 atom stereocenters. The number of fused-ring (bicyclic) bond motifs is 1. The van der Waals surface area contributed by atoms with Crippen LogP contribution >= 0.6 is 23.4 Å². The van der Waals surface area contributed by atoms with Crippen molar-refractivity contribution in [1.29, 1.82) is 0 Å². The van der Waals surface area contributed by atoms with Crippen molar-refractivity contribution in [2.75, 3.05) is 5.32 Å². The number of benzene rings is 3. The van der Waals surface area contributed by atoms with Gasteiger partial charge < -0.3 is 5.32 Å². The van der Waals surface area contributed by atoms with Gasteiger partial charge in [-0.15, -0.1) is 0 Å². The monoisotopic (exact) mass is 463 g/mol. The van der Waals surface area contributed by atoms with Crippen LogP contribution in [0.3, 0.4) is 0 Å². The predicted octanol–water partition coefficient (Wildman–Crippen LogP) is 5.53. The van der Waals surface area contributed by atoms with Crippen LogP contribution in [0.1, 0.15) is 18.1 Å². The molecule has 0 aliphatic heterocycles. The number of carbonyl (C=O) groups is 1. The van der Waals surface area contributed by atoms with E-state index in [0.29, 0.717) is 21.1 Å². The van der Waals surface area contributed by atoms with Crippen molar-refractivity contribution in [3.63, 3.8) is 0 Å². The largest absolute Gasteiger partial charge is 0.325 e. The number of halogens is 1. The lowest BCUT2D eigenvalue weighted by Gasteiger charge is -2.17. The highest BCUT2D eigenvalue weighted by Crippen LogP contribution is 2.26. The van der Waals surface area contributed by atoms with Gasteiger partial charge in [-0.3, -0.25) is 14.2 Å². The zero-order valence-electron chi connectivity index (χ0n) is 17.7. The van der Waals surface area contributed by atoms with Crippen LogP contribution in [0, 0.1) is 6.92 Å². The summed E-state index contributed by atoms with van der Waals surface area (Å²) in [5.74, 6) is -0.156. The average molecular weight is 464 g/mol. The van der Waals surface area contributed by atoms with Crippen LogP contribution in [0.5, 0.6) is 0 Å². The molecular formula is C25H22ClN3O2S. The maximum atomic E-state index is 13.3. The van der Waals surface area contributed by atoms with Crippen LogP contribution in [-0.4, -0.2) is 20.7 Å². The average Bonchev–Trinajstić information content (AvgIpc) is 2.79. The van der Waals surface area contributed by atoms with E-state index in [1.807, 2.05) is 61.5 Å². The third kappa shape index (κ3) is 4.71. The highest BCUT2D eigenvalue weighted by atomic mass is 35.5. The van der Waals surface area contributed by atoms with Crippen LogP contribution in [-0.2, 0) is 11.3 Å². The molecule has 1 amide bonds. The molecule has 7 heteroatoms. The molecule has 1 aromatic heterocycles. The minimum absolute atomic E-state index is 0.156. The molecule has 0 aliphatic carbocycles. The number of carbonyl (C=O) groups excluding carboxylic acids is 1. The summed E-state index contributed by atoms with van der Waals surface area (Å²) in [5.41, 5.74) is 3.00. The Labute approximate surface area is 195 Å². The predicted molar refractivity (Wildman–Crippen MR) is 132 cm³/mol. The molecule has 0 fully saturated rings. The molecule has 0 saturated heterocycles. The normalized spacial score (nSPS) is 12.0. The summed E-state index contributed by atoms with van der Waals surface area (Å²) in [6, 6.07) is 22.2. The van der Waals surface area contributed by atoms with Gasteiger partial charge in [0.15, 0.2) is 5.16 Å². The fourth-order valence-corrected chi connectivity index (χ4v) is 4.44. The molecule has 0 aliphatic rings. The van der Waals surface area contributed by atoms with Crippen LogP contribution in [0.15, 0.2) is 82.7 Å². The van der Waals surface area contributed by atoms with Crippen molar-refractivity contribution < 1.29 is 4.79 Å². The minimum Gasteiger partial charge on any atom is -0.325 e. The quantitative estimate of drug-likeness (QED) is 0.302. The van der Waals surface area contributed by atoms with E-state index in [2.05, 4.69) is 5.32 Å². The summed E-state index contributed by atoms with van der Waals surface area (Å²) in [6.45, 7) is 4.02. The van der Waals surface area contributed by atoms with Gasteiger partial charge in [-0.2, -0.15) is 0 Å². The van der Waals surface area contributed by atoms with E-state index in [4.69, 9.17) is 16.6 Å². The number of para-hydroxylation sites is 2. The van der Waals surface area contributed by atoms with E-state index >= 15 is 0 Å². The van der Waals surface area contributed by atoms with Gasteiger partial charge in [-0.25, -0.2) is 4.98 Å². The summed E-state index contributed by atoms with van der Waals surface area (Å²) in [7, 11) is 0. The Morgan fingerprint density at radius 2 is 1.75 bits per heavy atom. The lowest BCUT2D eigenvalue weighted by Crippen LogP contribution is -2.27. The number of nitrogens with one attached hydrogen (secondary N) is 1. The number of nitrogens with zero attached hydrogens (tertiary/aromatic N) is 2. The maximum Gasteiger partial charge on any atom is 0.262 e. The Hall–Kier alpha value is -3.09. The van der Waals surface area contributed by atoms with Crippen LogP contribution in [0.2, 0.25) is 5.02 Å². The van der Waals surface area contributed by atoms with Gasteiger partial charge in [0, 0.05) is 10.7 Å². The molecular weight excluding hydrogens is 442 g/mol. The molecule has 0 spiro atoms. The van der Waals surface area contributed by atoms with Crippen LogP contribution in [0.25, 0.3) is 10.9 Å². The number of hydrogen-bond acceptors (Lipinski definition) is 4. The lowest BCUT2D eigenvalue weighted by molar-refractivity contribution is -0.115. The Morgan fingerprint density at radius 3 is 2.53 bits per heavy atom. The molecule has 0 bridgehead atoms. The minimum atomic E-state index is -0.472.